The second-order valence-corrected chi connectivity index (χ2v) is 7.67. The molecule has 142 valence electrons. The van der Waals surface area contributed by atoms with Crippen molar-refractivity contribution in [3.8, 4) is 0 Å². The topological polar surface area (TPSA) is 37.6 Å². The molecule has 7 heteroatoms. The Hall–Kier alpha value is -2.02. The van der Waals surface area contributed by atoms with Gasteiger partial charge in [-0.1, -0.05) is 35.1 Å². The molecule has 1 amide bonds. The van der Waals surface area contributed by atoms with E-state index in [0.29, 0.717) is 27.8 Å². The second kappa shape index (κ2) is 8.78. The van der Waals surface area contributed by atoms with E-state index in [9.17, 15) is 9.18 Å². The predicted octanol–water partition coefficient (Wildman–Crippen LogP) is 3.66. The Morgan fingerprint density at radius 2 is 1.96 bits per heavy atom. The van der Waals surface area contributed by atoms with Gasteiger partial charge in [0.15, 0.2) is 5.13 Å². The number of anilines is 1. The van der Waals surface area contributed by atoms with Gasteiger partial charge >= 0.3 is 0 Å². The molecule has 0 fully saturated rings. The lowest BCUT2D eigenvalue weighted by atomic mass is 10.2. The molecule has 0 unspecified atom stereocenters. The summed E-state index contributed by atoms with van der Waals surface area (Å²) in [4.78, 5) is 20.8. The van der Waals surface area contributed by atoms with Crippen LogP contribution >= 0.6 is 22.9 Å². The summed E-state index contributed by atoms with van der Waals surface area (Å²) in [5.41, 5.74) is 1.13. The number of halogens is 2. The number of rotatable bonds is 7. The van der Waals surface area contributed by atoms with Crippen molar-refractivity contribution in [3.05, 3.63) is 58.9 Å². The number of fused-ring (bicyclic) bond motifs is 1. The molecular weight excluding hydrogens is 385 g/mol. The number of likely N-dealkylation sites (N-methyl/N-ethyl adjacent to an activating group) is 1. The number of nitrogens with one attached hydrogen (secondary N) is 1. The van der Waals surface area contributed by atoms with Crippen LogP contribution in [0.3, 0.4) is 0 Å². The molecule has 3 rings (SSSR count). The van der Waals surface area contributed by atoms with Gasteiger partial charge in [0.05, 0.1) is 47.0 Å². The van der Waals surface area contributed by atoms with Gasteiger partial charge in [-0.2, -0.15) is 0 Å². The third-order valence-corrected chi connectivity index (χ3v) is 5.98. The van der Waals surface area contributed by atoms with Crippen molar-refractivity contribution in [1.29, 1.82) is 0 Å². The van der Waals surface area contributed by atoms with Crippen LogP contribution in [0.25, 0.3) is 10.2 Å². The van der Waals surface area contributed by atoms with Crippen molar-refractivity contribution in [3.63, 3.8) is 0 Å². The van der Waals surface area contributed by atoms with Crippen LogP contribution in [0.1, 0.15) is 24.2 Å². The summed E-state index contributed by atoms with van der Waals surface area (Å²) in [5, 5.41) is 0.974. The average Bonchev–Trinajstić information content (AvgIpc) is 3.08. The SMILES string of the molecule is CC[NH+](CC)CCN(C(=O)c1ccccc1Cl)c1nc2ccc(F)cc2s1. The number of carbonyl (C=O) groups excluding carboxylic acids is 1. The second-order valence-electron chi connectivity index (χ2n) is 6.25. The van der Waals surface area contributed by atoms with Crippen LogP contribution in [-0.4, -0.2) is 37.1 Å². The summed E-state index contributed by atoms with van der Waals surface area (Å²) in [5.74, 6) is -0.499. The van der Waals surface area contributed by atoms with E-state index in [1.807, 2.05) is 0 Å². The largest absolute Gasteiger partial charge is 0.334 e. The third-order valence-electron chi connectivity index (χ3n) is 4.61. The highest BCUT2D eigenvalue weighted by atomic mass is 35.5. The Labute approximate surface area is 167 Å². The maximum Gasteiger partial charge on any atom is 0.261 e. The van der Waals surface area contributed by atoms with E-state index < -0.39 is 0 Å². The summed E-state index contributed by atoms with van der Waals surface area (Å²) in [6.45, 7) is 7.53. The van der Waals surface area contributed by atoms with Gasteiger partial charge in [0.1, 0.15) is 5.82 Å². The van der Waals surface area contributed by atoms with E-state index in [2.05, 4.69) is 18.8 Å². The van der Waals surface area contributed by atoms with Gasteiger partial charge in [0.2, 0.25) is 0 Å². The Bertz CT molecular complexity index is 942. The number of quaternary nitrogens is 1. The van der Waals surface area contributed by atoms with E-state index >= 15 is 0 Å². The minimum atomic E-state index is -0.311. The summed E-state index contributed by atoms with van der Waals surface area (Å²) in [6.07, 6.45) is 0. The van der Waals surface area contributed by atoms with Gasteiger partial charge < -0.3 is 4.90 Å². The summed E-state index contributed by atoms with van der Waals surface area (Å²) < 4.78 is 14.3. The van der Waals surface area contributed by atoms with Gasteiger partial charge in [-0.3, -0.25) is 9.69 Å². The molecule has 0 bridgehead atoms. The Balaban J connectivity index is 1.97. The maximum atomic E-state index is 13.5. The highest BCUT2D eigenvalue weighted by Crippen LogP contribution is 2.31. The first kappa shape index (κ1) is 19.7. The van der Waals surface area contributed by atoms with E-state index in [4.69, 9.17) is 11.6 Å². The zero-order valence-corrected chi connectivity index (χ0v) is 16.9. The van der Waals surface area contributed by atoms with E-state index in [1.165, 1.54) is 28.4 Å². The number of aromatic nitrogens is 1. The van der Waals surface area contributed by atoms with Crippen LogP contribution in [0.5, 0.6) is 0 Å². The lowest BCUT2D eigenvalue weighted by molar-refractivity contribution is -0.894. The van der Waals surface area contributed by atoms with Crippen molar-refractivity contribution < 1.29 is 14.1 Å². The van der Waals surface area contributed by atoms with Crippen LogP contribution in [0.4, 0.5) is 9.52 Å². The summed E-state index contributed by atoms with van der Waals surface area (Å²) in [6, 6.07) is 11.5. The number of hydrogen-bond acceptors (Lipinski definition) is 3. The number of thiazole rings is 1. The van der Waals surface area contributed by atoms with Gasteiger partial charge in [0.25, 0.3) is 5.91 Å². The Morgan fingerprint density at radius 3 is 2.67 bits per heavy atom. The number of carbonyl (C=O) groups is 1. The molecule has 0 aliphatic heterocycles. The van der Waals surface area contributed by atoms with Crippen molar-refractivity contribution in [2.75, 3.05) is 31.1 Å². The molecule has 3 aromatic rings. The number of nitrogens with zero attached hydrogens (tertiary/aromatic N) is 2. The Morgan fingerprint density at radius 1 is 1.22 bits per heavy atom. The van der Waals surface area contributed by atoms with Gasteiger partial charge in [0, 0.05) is 0 Å². The molecular formula is C20H22ClFN3OS+. The minimum absolute atomic E-state index is 0.188. The molecule has 1 heterocycles. The van der Waals surface area contributed by atoms with Crippen LogP contribution < -0.4 is 9.80 Å². The van der Waals surface area contributed by atoms with Crippen molar-refractivity contribution in [2.45, 2.75) is 13.8 Å². The van der Waals surface area contributed by atoms with E-state index in [1.54, 1.807) is 35.2 Å². The van der Waals surface area contributed by atoms with Crippen LogP contribution in [0.15, 0.2) is 42.5 Å². The smallest absolute Gasteiger partial charge is 0.261 e. The molecule has 0 atom stereocenters. The number of amides is 1. The molecule has 0 aliphatic rings. The molecule has 27 heavy (non-hydrogen) atoms. The predicted molar refractivity (Wildman–Crippen MR) is 110 cm³/mol. The molecule has 0 saturated carbocycles. The molecule has 4 nitrogen and oxygen atoms in total. The number of hydrogen-bond donors (Lipinski definition) is 1. The lowest BCUT2D eigenvalue weighted by Crippen LogP contribution is -3.12. The van der Waals surface area contributed by atoms with Crippen molar-refractivity contribution in [1.82, 2.24) is 4.98 Å². The maximum absolute atomic E-state index is 13.5. The summed E-state index contributed by atoms with van der Waals surface area (Å²) in [7, 11) is 0. The zero-order valence-electron chi connectivity index (χ0n) is 15.3. The fraction of sp³-hybridized carbons (Fsp3) is 0.300. The molecule has 0 saturated heterocycles. The van der Waals surface area contributed by atoms with Crippen LogP contribution in [-0.2, 0) is 0 Å². The van der Waals surface area contributed by atoms with E-state index in [0.717, 1.165) is 24.3 Å². The van der Waals surface area contributed by atoms with Crippen LogP contribution in [0.2, 0.25) is 5.02 Å². The zero-order chi connectivity index (χ0) is 19.4. The first-order chi connectivity index (χ1) is 13.0. The van der Waals surface area contributed by atoms with Crippen molar-refractivity contribution in [2.24, 2.45) is 0 Å². The highest BCUT2D eigenvalue weighted by molar-refractivity contribution is 7.22. The van der Waals surface area contributed by atoms with Crippen molar-refractivity contribution >= 4 is 44.2 Å². The average molecular weight is 407 g/mol. The fourth-order valence-corrected chi connectivity index (χ4v) is 4.17. The molecule has 2 aromatic carbocycles. The molecule has 0 spiro atoms. The third kappa shape index (κ3) is 4.46. The van der Waals surface area contributed by atoms with Gasteiger partial charge in [-0.05, 0) is 44.2 Å². The standard InChI is InChI=1S/C20H21ClFN3OS/c1-3-24(4-2)11-12-25(19(26)15-7-5-6-8-16(15)21)20-23-17-10-9-14(22)13-18(17)27-20/h5-10,13H,3-4,11-12H2,1-2H3/p+1. The first-order valence-corrected chi connectivity index (χ1v) is 10.2. The van der Waals surface area contributed by atoms with Crippen LogP contribution in [0, 0.1) is 5.82 Å². The monoisotopic (exact) mass is 406 g/mol. The van der Waals surface area contributed by atoms with E-state index in [-0.39, 0.29) is 11.7 Å². The highest BCUT2D eigenvalue weighted by Gasteiger charge is 2.24. The molecule has 0 radical (unpaired) electrons. The quantitative estimate of drug-likeness (QED) is 0.650. The first-order valence-electron chi connectivity index (χ1n) is 8.99. The molecule has 1 N–H and O–H groups in total. The lowest BCUT2D eigenvalue weighted by Gasteiger charge is -2.23. The minimum Gasteiger partial charge on any atom is -0.334 e. The normalized spacial score (nSPS) is 11.3. The molecule has 1 aromatic heterocycles. The number of benzene rings is 2. The van der Waals surface area contributed by atoms with Gasteiger partial charge in [-0.25, -0.2) is 9.37 Å². The Kier molecular flexibility index (Phi) is 6.42. The fourth-order valence-electron chi connectivity index (χ4n) is 2.94. The molecule has 0 aliphatic carbocycles. The summed E-state index contributed by atoms with van der Waals surface area (Å²) >= 11 is 7.56. The van der Waals surface area contributed by atoms with Gasteiger partial charge in [-0.15, -0.1) is 0 Å².